The van der Waals surface area contributed by atoms with Gasteiger partial charge in [-0.1, -0.05) is 18.2 Å². The molecule has 0 fully saturated rings. The van der Waals surface area contributed by atoms with Gasteiger partial charge in [0.15, 0.2) is 0 Å². The Hall–Kier alpha value is -1.61. The number of benzene rings is 1. The summed E-state index contributed by atoms with van der Waals surface area (Å²) in [6.07, 6.45) is 1.85. The maximum absolute atomic E-state index is 5.71. The second-order valence-corrected chi connectivity index (χ2v) is 3.62. The van der Waals surface area contributed by atoms with Crippen LogP contribution in [0.5, 0.6) is 0 Å². The minimum Gasteiger partial charge on any atom is -0.326 e. The van der Waals surface area contributed by atoms with Gasteiger partial charge in [-0.05, 0) is 25.5 Å². The smallest absolute Gasteiger partial charge is 0.0997 e. The number of hydrogen-bond donors (Lipinski definition) is 1. The zero-order valence-corrected chi connectivity index (χ0v) is 9.07. The van der Waals surface area contributed by atoms with E-state index >= 15 is 0 Å². The van der Waals surface area contributed by atoms with Crippen molar-refractivity contribution in [2.75, 3.05) is 0 Å². The normalized spacial score (nSPS) is 10.6. The summed E-state index contributed by atoms with van der Waals surface area (Å²) in [5.41, 5.74) is 10.2. The number of imidazole rings is 1. The van der Waals surface area contributed by atoms with E-state index in [-0.39, 0.29) is 0 Å². The molecule has 0 aliphatic carbocycles. The minimum absolute atomic E-state index is 0.548. The maximum Gasteiger partial charge on any atom is 0.0997 e. The van der Waals surface area contributed by atoms with Gasteiger partial charge in [0, 0.05) is 12.2 Å². The summed E-state index contributed by atoms with van der Waals surface area (Å²) in [5, 5.41) is 0. The van der Waals surface area contributed by atoms with Gasteiger partial charge in [-0.3, -0.25) is 0 Å². The molecule has 0 aliphatic heterocycles. The van der Waals surface area contributed by atoms with Crippen LogP contribution >= 0.6 is 0 Å². The zero-order valence-electron chi connectivity index (χ0n) is 9.07. The highest BCUT2D eigenvalue weighted by molar-refractivity contribution is 5.42. The quantitative estimate of drug-likeness (QED) is 0.807. The van der Waals surface area contributed by atoms with Crippen LogP contribution in [0.15, 0.2) is 30.6 Å². The summed E-state index contributed by atoms with van der Waals surface area (Å²) in [4.78, 5) is 4.29. The van der Waals surface area contributed by atoms with Crippen molar-refractivity contribution in [2.24, 2.45) is 5.73 Å². The molecule has 78 valence electrons. The SMILES string of the molecule is Cc1ncn(-c2ccccc2CN)c1C. The molecule has 0 unspecified atom stereocenters. The van der Waals surface area contributed by atoms with E-state index in [0.29, 0.717) is 6.54 Å². The lowest BCUT2D eigenvalue weighted by atomic mass is 10.1. The van der Waals surface area contributed by atoms with Gasteiger partial charge in [-0.2, -0.15) is 0 Å². The third kappa shape index (κ3) is 1.66. The summed E-state index contributed by atoms with van der Waals surface area (Å²) in [5.74, 6) is 0. The van der Waals surface area contributed by atoms with Gasteiger partial charge in [0.2, 0.25) is 0 Å². The molecule has 1 aromatic heterocycles. The Kier molecular flexibility index (Phi) is 2.56. The molecule has 0 radical (unpaired) electrons. The molecule has 0 saturated carbocycles. The van der Waals surface area contributed by atoms with Gasteiger partial charge < -0.3 is 10.3 Å². The molecule has 3 nitrogen and oxygen atoms in total. The maximum atomic E-state index is 5.71. The predicted molar refractivity (Wildman–Crippen MR) is 60.9 cm³/mol. The number of aromatic nitrogens is 2. The van der Waals surface area contributed by atoms with Crippen LogP contribution in [0.2, 0.25) is 0 Å². The highest BCUT2D eigenvalue weighted by Gasteiger charge is 2.06. The molecule has 2 rings (SSSR count). The third-order valence-electron chi connectivity index (χ3n) is 2.72. The first-order valence-electron chi connectivity index (χ1n) is 5.03. The largest absolute Gasteiger partial charge is 0.326 e. The molecule has 0 bridgehead atoms. The van der Waals surface area contributed by atoms with Crippen molar-refractivity contribution in [3.8, 4) is 5.69 Å². The topological polar surface area (TPSA) is 43.8 Å². The minimum atomic E-state index is 0.548. The fraction of sp³-hybridized carbons (Fsp3) is 0.250. The third-order valence-corrected chi connectivity index (χ3v) is 2.72. The Morgan fingerprint density at radius 2 is 2.00 bits per heavy atom. The molecule has 15 heavy (non-hydrogen) atoms. The molecule has 0 aliphatic rings. The van der Waals surface area contributed by atoms with E-state index in [9.17, 15) is 0 Å². The van der Waals surface area contributed by atoms with E-state index < -0.39 is 0 Å². The van der Waals surface area contributed by atoms with E-state index in [1.165, 1.54) is 0 Å². The van der Waals surface area contributed by atoms with Crippen LogP contribution in [0.25, 0.3) is 5.69 Å². The van der Waals surface area contributed by atoms with E-state index in [1.54, 1.807) is 0 Å². The van der Waals surface area contributed by atoms with Gasteiger partial charge in [0.05, 0.1) is 17.7 Å². The van der Waals surface area contributed by atoms with Crippen molar-refractivity contribution >= 4 is 0 Å². The molecule has 2 N–H and O–H groups in total. The second-order valence-electron chi connectivity index (χ2n) is 3.62. The van der Waals surface area contributed by atoms with Crippen LogP contribution in [0, 0.1) is 13.8 Å². The first-order chi connectivity index (χ1) is 7.24. The van der Waals surface area contributed by atoms with E-state index in [0.717, 1.165) is 22.6 Å². The second kappa shape index (κ2) is 3.87. The lowest BCUT2D eigenvalue weighted by Crippen LogP contribution is -2.04. The fourth-order valence-electron chi connectivity index (χ4n) is 1.66. The Balaban J connectivity index is 2.58. The van der Waals surface area contributed by atoms with Gasteiger partial charge in [0.1, 0.15) is 0 Å². The number of aryl methyl sites for hydroxylation is 1. The van der Waals surface area contributed by atoms with E-state index in [2.05, 4.69) is 22.5 Å². The Labute approximate surface area is 89.6 Å². The average Bonchev–Trinajstić information content (AvgIpc) is 2.60. The van der Waals surface area contributed by atoms with Crippen LogP contribution in [0.1, 0.15) is 17.0 Å². The lowest BCUT2D eigenvalue weighted by Gasteiger charge is -2.10. The number of hydrogen-bond acceptors (Lipinski definition) is 2. The van der Waals surface area contributed by atoms with Crippen LogP contribution < -0.4 is 5.73 Å². The molecule has 1 aromatic carbocycles. The van der Waals surface area contributed by atoms with Crippen LogP contribution in [0.4, 0.5) is 0 Å². The van der Waals surface area contributed by atoms with Crippen molar-refractivity contribution in [1.29, 1.82) is 0 Å². The number of nitrogens with zero attached hydrogens (tertiary/aromatic N) is 2. The number of rotatable bonds is 2. The average molecular weight is 201 g/mol. The Bertz CT molecular complexity index is 471. The monoisotopic (exact) mass is 201 g/mol. The Morgan fingerprint density at radius 1 is 1.27 bits per heavy atom. The molecular weight excluding hydrogens is 186 g/mol. The number of nitrogens with two attached hydrogens (primary N) is 1. The first-order valence-corrected chi connectivity index (χ1v) is 5.03. The van der Waals surface area contributed by atoms with E-state index in [4.69, 9.17) is 5.73 Å². The summed E-state index contributed by atoms with van der Waals surface area (Å²) in [6.45, 7) is 4.62. The van der Waals surface area contributed by atoms with Crippen LogP contribution in [0.3, 0.4) is 0 Å². The van der Waals surface area contributed by atoms with Crippen LogP contribution in [-0.4, -0.2) is 9.55 Å². The highest BCUT2D eigenvalue weighted by atomic mass is 15.1. The summed E-state index contributed by atoms with van der Waals surface area (Å²) < 4.78 is 2.08. The van der Waals surface area contributed by atoms with Gasteiger partial charge in [-0.25, -0.2) is 4.98 Å². The molecule has 0 saturated heterocycles. The lowest BCUT2D eigenvalue weighted by molar-refractivity contribution is 0.952. The predicted octanol–water partition coefficient (Wildman–Crippen LogP) is 1.95. The Morgan fingerprint density at radius 3 is 2.60 bits per heavy atom. The van der Waals surface area contributed by atoms with Gasteiger partial charge >= 0.3 is 0 Å². The molecule has 0 spiro atoms. The van der Waals surface area contributed by atoms with Gasteiger partial charge in [-0.15, -0.1) is 0 Å². The molecular formula is C12H15N3. The summed E-state index contributed by atoms with van der Waals surface area (Å²) >= 11 is 0. The zero-order chi connectivity index (χ0) is 10.8. The van der Waals surface area contributed by atoms with E-state index in [1.807, 2.05) is 31.5 Å². The number of para-hydroxylation sites is 1. The summed E-state index contributed by atoms with van der Waals surface area (Å²) in [7, 11) is 0. The fourth-order valence-corrected chi connectivity index (χ4v) is 1.66. The van der Waals surface area contributed by atoms with Crippen molar-refractivity contribution < 1.29 is 0 Å². The van der Waals surface area contributed by atoms with Crippen molar-refractivity contribution in [2.45, 2.75) is 20.4 Å². The van der Waals surface area contributed by atoms with Gasteiger partial charge in [0.25, 0.3) is 0 Å². The highest BCUT2D eigenvalue weighted by Crippen LogP contribution is 2.17. The molecule has 0 atom stereocenters. The molecule has 2 aromatic rings. The van der Waals surface area contributed by atoms with Crippen LogP contribution in [-0.2, 0) is 6.54 Å². The standard InChI is InChI=1S/C12H15N3/c1-9-10(2)15(8-14-9)12-6-4-3-5-11(12)7-13/h3-6,8H,7,13H2,1-2H3. The van der Waals surface area contributed by atoms with Crippen molar-refractivity contribution in [3.63, 3.8) is 0 Å². The van der Waals surface area contributed by atoms with Crippen molar-refractivity contribution in [1.82, 2.24) is 9.55 Å². The molecule has 1 heterocycles. The summed E-state index contributed by atoms with van der Waals surface area (Å²) in [6, 6.07) is 8.13. The molecule has 0 amide bonds. The van der Waals surface area contributed by atoms with Crippen molar-refractivity contribution in [3.05, 3.63) is 47.5 Å². The molecule has 3 heteroatoms. The first kappa shape index (κ1) is 9.93.